The predicted molar refractivity (Wildman–Crippen MR) is 149 cm³/mol. The fourth-order valence-corrected chi connectivity index (χ4v) is 5.42. The van der Waals surface area contributed by atoms with Gasteiger partial charge in [0, 0.05) is 24.9 Å². The van der Waals surface area contributed by atoms with Crippen molar-refractivity contribution >= 4 is 17.6 Å². The smallest absolute Gasteiger partial charge is 0.194 e. The van der Waals surface area contributed by atoms with Crippen LogP contribution in [-0.2, 0) is 0 Å². The second-order valence-corrected chi connectivity index (χ2v) is 9.91. The van der Waals surface area contributed by atoms with E-state index in [0.717, 1.165) is 58.9 Å². The van der Waals surface area contributed by atoms with Crippen LogP contribution in [0.15, 0.2) is 83.8 Å². The van der Waals surface area contributed by atoms with Gasteiger partial charge in [-0.25, -0.2) is 18.2 Å². The van der Waals surface area contributed by atoms with Crippen LogP contribution >= 0.6 is 0 Å². The molecule has 3 aromatic carbocycles. The van der Waals surface area contributed by atoms with E-state index in [2.05, 4.69) is 11.1 Å². The van der Waals surface area contributed by atoms with E-state index in [9.17, 15) is 13.2 Å². The van der Waals surface area contributed by atoms with E-state index < -0.39 is 17.5 Å². The molecule has 0 N–H and O–H groups in total. The number of hydrogen-bond acceptors (Lipinski definition) is 5. The second kappa shape index (κ2) is 10.6. The number of methoxy groups -OCH3 is 1. The van der Waals surface area contributed by atoms with Crippen LogP contribution in [0.1, 0.15) is 35.7 Å². The lowest BCUT2D eigenvalue weighted by atomic mass is 9.98. The maximum Gasteiger partial charge on any atom is 0.194 e. The number of aliphatic imine (C=N–C) groups is 1. The van der Waals surface area contributed by atoms with Gasteiger partial charge in [-0.05, 0) is 54.7 Å². The highest BCUT2D eigenvalue weighted by atomic mass is 19.2. The summed E-state index contributed by atoms with van der Waals surface area (Å²) in [6.45, 7) is 2.90. The lowest BCUT2D eigenvalue weighted by molar-refractivity contribution is 0.304. The molecule has 6 rings (SSSR count). The van der Waals surface area contributed by atoms with Gasteiger partial charge in [-0.3, -0.25) is 15.0 Å². The van der Waals surface area contributed by atoms with Crippen molar-refractivity contribution in [2.75, 3.05) is 25.2 Å². The zero-order valence-corrected chi connectivity index (χ0v) is 22.2. The summed E-state index contributed by atoms with van der Waals surface area (Å²) in [5.41, 5.74) is 4.90. The van der Waals surface area contributed by atoms with Gasteiger partial charge in [0.25, 0.3) is 0 Å². The van der Waals surface area contributed by atoms with Gasteiger partial charge in [0.1, 0.15) is 11.6 Å². The van der Waals surface area contributed by atoms with Crippen molar-refractivity contribution in [2.45, 2.75) is 25.8 Å². The minimum Gasteiger partial charge on any atom is -0.495 e. The van der Waals surface area contributed by atoms with Crippen molar-refractivity contribution in [3.05, 3.63) is 113 Å². The summed E-state index contributed by atoms with van der Waals surface area (Å²) in [5.74, 6) is -2.49. The predicted octanol–water partition coefficient (Wildman–Crippen LogP) is 6.66. The summed E-state index contributed by atoms with van der Waals surface area (Å²) in [6.07, 6.45) is 7.35. The molecule has 2 aliphatic heterocycles. The van der Waals surface area contributed by atoms with Crippen LogP contribution in [0.4, 0.5) is 18.9 Å². The van der Waals surface area contributed by atoms with E-state index in [0.29, 0.717) is 18.8 Å². The highest BCUT2D eigenvalue weighted by Crippen LogP contribution is 2.38. The Morgan fingerprint density at radius 1 is 1.00 bits per heavy atom. The molecule has 2 aliphatic rings. The summed E-state index contributed by atoms with van der Waals surface area (Å²) >= 11 is 0. The molecular formula is C31H28F3N5O. The van der Waals surface area contributed by atoms with Crippen LogP contribution in [0, 0.1) is 24.4 Å². The Labute approximate surface area is 230 Å². The minimum atomic E-state index is -1.48. The van der Waals surface area contributed by atoms with E-state index in [1.165, 1.54) is 0 Å². The molecule has 0 amide bonds. The largest absolute Gasteiger partial charge is 0.495 e. The maximum absolute atomic E-state index is 14.4. The van der Waals surface area contributed by atoms with E-state index in [-0.39, 0.29) is 11.7 Å². The summed E-state index contributed by atoms with van der Waals surface area (Å²) in [4.78, 5) is 9.27. The highest BCUT2D eigenvalue weighted by molar-refractivity contribution is 6.04. The summed E-state index contributed by atoms with van der Waals surface area (Å²) < 4.78 is 50.4. The molecule has 1 atom stereocenters. The monoisotopic (exact) mass is 543 g/mol. The normalized spacial score (nSPS) is 18.1. The molecular weight excluding hydrogens is 515 g/mol. The average molecular weight is 544 g/mol. The molecule has 0 bridgehead atoms. The average Bonchev–Trinajstić information content (AvgIpc) is 3.41. The number of fused-ring (bicyclic) bond motifs is 1. The molecule has 1 fully saturated rings. The van der Waals surface area contributed by atoms with Gasteiger partial charge in [0.05, 0.1) is 43.1 Å². The third-order valence-electron chi connectivity index (χ3n) is 7.27. The lowest BCUT2D eigenvalue weighted by Gasteiger charge is -2.48. The summed E-state index contributed by atoms with van der Waals surface area (Å²) in [7, 11) is 1.63. The van der Waals surface area contributed by atoms with E-state index in [1.807, 2.05) is 76.2 Å². The topological polar surface area (TPSA) is 45.9 Å². The third kappa shape index (κ3) is 4.72. The number of aromatic nitrogens is 2. The van der Waals surface area contributed by atoms with Gasteiger partial charge in [0.15, 0.2) is 17.5 Å². The molecule has 0 radical (unpaired) electrons. The Kier molecular flexibility index (Phi) is 6.79. The Morgan fingerprint density at radius 3 is 2.48 bits per heavy atom. The van der Waals surface area contributed by atoms with Crippen molar-refractivity contribution in [1.29, 1.82) is 0 Å². The zero-order chi connectivity index (χ0) is 27.8. The number of amidine groups is 1. The van der Waals surface area contributed by atoms with Crippen molar-refractivity contribution in [1.82, 2.24) is 14.6 Å². The van der Waals surface area contributed by atoms with Gasteiger partial charge >= 0.3 is 0 Å². The number of nitrogens with zero attached hydrogens (tertiary/aromatic N) is 5. The molecule has 204 valence electrons. The molecule has 40 heavy (non-hydrogen) atoms. The highest BCUT2D eigenvalue weighted by Gasteiger charge is 2.36. The van der Waals surface area contributed by atoms with Crippen molar-refractivity contribution in [3.63, 3.8) is 0 Å². The first-order valence-electron chi connectivity index (χ1n) is 13.1. The molecule has 0 saturated carbocycles. The van der Waals surface area contributed by atoms with Gasteiger partial charge in [0.2, 0.25) is 0 Å². The molecule has 1 saturated heterocycles. The molecule has 4 aromatic rings. The number of aryl methyl sites for hydroxylation is 1. The number of anilines is 1. The molecule has 1 unspecified atom stereocenters. The number of benzene rings is 3. The molecule has 1 aromatic heterocycles. The Balaban J connectivity index is 1.40. The van der Waals surface area contributed by atoms with Crippen LogP contribution in [0.2, 0.25) is 0 Å². The van der Waals surface area contributed by atoms with Gasteiger partial charge < -0.3 is 9.30 Å². The molecule has 3 heterocycles. The quantitative estimate of drug-likeness (QED) is 0.264. The van der Waals surface area contributed by atoms with Crippen molar-refractivity contribution in [2.24, 2.45) is 4.99 Å². The van der Waals surface area contributed by atoms with Crippen LogP contribution in [-0.4, -0.2) is 40.6 Å². The second-order valence-electron chi connectivity index (χ2n) is 9.91. The fraction of sp³-hybridized carbons (Fsp3) is 0.226. The van der Waals surface area contributed by atoms with E-state index in [1.54, 1.807) is 13.4 Å². The molecule has 0 spiro atoms. The molecule has 9 heteroatoms. The number of piperidine rings is 1. The van der Waals surface area contributed by atoms with Crippen molar-refractivity contribution in [3.8, 4) is 11.4 Å². The SMILES string of the molecule is COc1cc(/C=C2\CCCN3C2=NCC(c2ccccc2)N3c2cc(F)c(F)c(F)c2)ccc1-n1cnc(C)c1. The van der Waals surface area contributed by atoms with Crippen LogP contribution < -0.4 is 9.75 Å². The first-order valence-corrected chi connectivity index (χ1v) is 13.1. The first-order chi connectivity index (χ1) is 19.4. The minimum absolute atomic E-state index is 0.237. The van der Waals surface area contributed by atoms with Crippen LogP contribution in [0.25, 0.3) is 11.8 Å². The first kappa shape index (κ1) is 25.7. The third-order valence-corrected chi connectivity index (χ3v) is 7.27. The number of imidazole rings is 1. The molecule has 0 aliphatic carbocycles. The summed E-state index contributed by atoms with van der Waals surface area (Å²) in [6, 6.07) is 17.4. The standard InChI is InChI=1S/C31H28F3N5O/c1-20-18-37(19-36-20)27-11-10-21(14-29(27)40-2)13-23-9-6-12-38-31(23)35-17-28(22-7-4-3-5-8-22)39(38)24-15-25(32)30(34)26(33)16-24/h3-5,7-8,10-11,13-16,18-19,28H,6,9,12,17H2,1-2H3/b23-13+. The number of halogens is 3. The number of hydrogen-bond donors (Lipinski definition) is 0. The Bertz CT molecular complexity index is 1590. The zero-order valence-electron chi connectivity index (χ0n) is 22.2. The Morgan fingerprint density at radius 2 is 1.77 bits per heavy atom. The number of rotatable bonds is 5. The lowest BCUT2D eigenvalue weighted by Crippen LogP contribution is -2.55. The number of hydrazine groups is 1. The van der Waals surface area contributed by atoms with Crippen LogP contribution in [0.5, 0.6) is 5.75 Å². The fourth-order valence-electron chi connectivity index (χ4n) is 5.42. The van der Waals surface area contributed by atoms with Gasteiger partial charge in [-0.2, -0.15) is 0 Å². The van der Waals surface area contributed by atoms with E-state index in [4.69, 9.17) is 9.73 Å². The van der Waals surface area contributed by atoms with Gasteiger partial charge in [-0.1, -0.05) is 36.4 Å². The van der Waals surface area contributed by atoms with Crippen LogP contribution in [0.3, 0.4) is 0 Å². The molecule has 6 nitrogen and oxygen atoms in total. The Hall–Kier alpha value is -4.53. The number of ether oxygens (including phenoxy) is 1. The van der Waals surface area contributed by atoms with E-state index >= 15 is 0 Å². The van der Waals surface area contributed by atoms with Gasteiger partial charge in [-0.15, -0.1) is 0 Å². The summed E-state index contributed by atoms with van der Waals surface area (Å²) in [5, 5.41) is 3.81. The van der Waals surface area contributed by atoms with Crippen molar-refractivity contribution < 1.29 is 17.9 Å². The maximum atomic E-state index is 14.4.